The van der Waals surface area contributed by atoms with Gasteiger partial charge in [-0.05, 0) is 36.6 Å². The molecule has 0 saturated carbocycles. The van der Waals surface area contributed by atoms with E-state index in [1.54, 1.807) is 26.2 Å². The summed E-state index contributed by atoms with van der Waals surface area (Å²) >= 11 is 6.27. The normalized spacial score (nSPS) is 12.2. The fourth-order valence-electron chi connectivity index (χ4n) is 2.02. The molecule has 144 valence electrons. The van der Waals surface area contributed by atoms with Crippen LogP contribution >= 0.6 is 11.6 Å². The minimum absolute atomic E-state index is 0.289. The Kier molecular flexibility index (Phi) is 8.45. The van der Waals surface area contributed by atoms with E-state index < -0.39 is 12.1 Å². The minimum Gasteiger partial charge on any atom is -0.493 e. The van der Waals surface area contributed by atoms with E-state index in [1.165, 1.54) is 31.1 Å². The first-order chi connectivity index (χ1) is 12.1. The number of rotatable bonds is 8. The van der Waals surface area contributed by atoms with Crippen molar-refractivity contribution in [2.45, 2.75) is 26.9 Å². The van der Waals surface area contributed by atoms with Crippen molar-refractivity contribution in [3.05, 3.63) is 28.8 Å². The molecule has 7 heteroatoms. The fraction of sp³-hybridized carbons (Fsp3) is 0.474. The quantitative estimate of drug-likeness (QED) is 0.508. The molecule has 26 heavy (non-hydrogen) atoms. The molecule has 0 saturated heterocycles. The van der Waals surface area contributed by atoms with Crippen molar-refractivity contribution in [1.29, 1.82) is 0 Å². The monoisotopic (exact) mass is 383 g/mol. The Morgan fingerprint density at radius 2 is 1.88 bits per heavy atom. The van der Waals surface area contributed by atoms with Gasteiger partial charge in [-0.15, -0.1) is 0 Å². The number of amides is 1. The van der Waals surface area contributed by atoms with Gasteiger partial charge in [0.15, 0.2) is 17.6 Å². The lowest BCUT2D eigenvalue weighted by molar-refractivity contribution is -0.153. The zero-order chi connectivity index (χ0) is 19.9. The van der Waals surface area contributed by atoms with Gasteiger partial charge in [0, 0.05) is 20.2 Å². The predicted molar refractivity (Wildman–Crippen MR) is 102 cm³/mol. The van der Waals surface area contributed by atoms with Crippen LogP contribution in [0.2, 0.25) is 5.02 Å². The average Bonchev–Trinajstić information content (AvgIpc) is 2.57. The highest BCUT2D eigenvalue weighted by Gasteiger charge is 2.18. The van der Waals surface area contributed by atoms with Crippen molar-refractivity contribution >= 4 is 29.6 Å². The molecule has 1 aromatic rings. The third kappa shape index (κ3) is 6.59. The van der Waals surface area contributed by atoms with Gasteiger partial charge in [0.1, 0.15) is 0 Å². The third-order valence-corrected chi connectivity index (χ3v) is 3.59. The van der Waals surface area contributed by atoms with Crippen LogP contribution < -0.4 is 9.47 Å². The van der Waals surface area contributed by atoms with Gasteiger partial charge in [-0.1, -0.05) is 25.4 Å². The van der Waals surface area contributed by atoms with Gasteiger partial charge in [0.25, 0.3) is 5.91 Å². The summed E-state index contributed by atoms with van der Waals surface area (Å²) in [6.45, 7) is 6.10. The first-order valence-electron chi connectivity index (χ1n) is 8.25. The molecule has 0 heterocycles. The number of carbonyl (C=O) groups excluding carboxylic acids is 2. The number of likely N-dealkylation sites (N-methyl/N-ethyl adjacent to an activating group) is 1. The summed E-state index contributed by atoms with van der Waals surface area (Å²) in [7, 11) is 4.71. The van der Waals surface area contributed by atoms with Gasteiger partial charge in [0.2, 0.25) is 0 Å². The van der Waals surface area contributed by atoms with Crippen molar-refractivity contribution < 1.29 is 23.8 Å². The van der Waals surface area contributed by atoms with Crippen LogP contribution in [-0.4, -0.2) is 50.7 Å². The summed E-state index contributed by atoms with van der Waals surface area (Å²) in [6.07, 6.45) is 1.92. The highest BCUT2D eigenvalue weighted by Crippen LogP contribution is 2.37. The van der Waals surface area contributed by atoms with Gasteiger partial charge in [-0.25, -0.2) is 4.79 Å². The molecule has 0 N–H and O–H groups in total. The molecule has 0 aliphatic rings. The van der Waals surface area contributed by atoms with E-state index in [2.05, 4.69) is 0 Å². The second kappa shape index (κ2) is 10.1. The molecule has 0 aliphatic heterocycles. The highest BCUT2D eigenvalue weighted by atomic mass is 35.5. The summed E-state index contributed by atoms with van der Waals surface area (Å²) in [5, 5.41) is 0.383. The molecule has 0 fully saturated rings. The summed E-state index contributed by atoms with van der Waals surface area (Å²) in [5.41, 5.74) is 0.646. The number of ether oxygens (including phenoxy) is 3. The van der Waals surface area contributed by atoms with E-state index in [4.69, 9.17) is 25.8 Å². The molecular weight excluding hydrogens is 358 g/mol. The summed E-state index contributed by atoms with van der Waals surface area (Å²) in [6, 6.07) is 3.37. The Morgan fingerprint density at radius 3 is 2.42 bits per heavy atom. The molecule has 1 rings (SSSR count). The van der Waals surface area contributed by atoms with E-state index in [1.807, 2.05) is 13.8 Å². The lowest BCUT2D eigenvalue weighted by Gasteiger charge is -2.16. The van der Waals surface area contributed by atoms with Crippen molar-refractivity contribution in [3.8, 4) is 11.5 Å². The van der Waals surface area contributed by atoms with Crippen molar-refractivity contribution in [2.75, 3.05) is 27.8 Å². The molecule has 1 amide bonds. The number of hydrogen-bond acceptors (Lipinski definition) is 5. The van der Waals surface area contributed by atoms with Gasteiger partial charge >= 0.3 is 5.97 Å². The molecule has 0 spiro atoms. The van der Waals surface area contributed by atoms with Crippen LogP contribution in [0, 0.1) is 5.92 Å². The number of halogens is 1. The van der Waals surface area contributed by atoms with Crippen LogP contribution in [0.3, 0.4) is 0 Å². The molecule has 0 bridgehead atoms. The van der Waals surface area contributed by atoms with Gasteiger partial charge in [-0.3, -0.25) is 4.79 Å². The average molecular weight is 384 g/mol. The highest BCUT2D eigenvalue weighted by molar-refractivity contribution is 6.32. The van der Waals surface area contributed by atoms with Gasteiger partial charge < -0.3 is 19.1 Å². The Morgan fingerprint density at radius 1 is 1.23 bits per heavy atom. The van der Waals surface area contributed by atoms with E-state index in [0.29, 0.717) is 34.6 Å². The van der Waals surface area contributed by atoms with Crippen LogP contribution in [-0.2, 0) is 14.3 Å². The molecule has 0 aliphatic carbocycles. The van der Waals surface area contributed by atoms with E-state index in [-0.39, 0.29) is 5.91 Å². The van der Waals surface area contributed by atoms with Crippen molar-refractivity contribution in [1.82, 2.24) is 4.90 Å². The lowest BCUT2D eigenvalue weighted by Crippen LogP contribution is -2.34. The number of esters is 1. The molecule has 6 nitrogen and oxygen atoms in total. The number of methoxy groups -OCH3 is 1. The minimum atomic E-state index is -0.855. The zero-order valence-corrected chi connectivity index (χ0v) is 16.8. The maximum Gasteiger partial charge on any atom is 0.331 e. The van der Waals surface area contributed by atoms with Crippen LogP contribution in [0.1, 0.15) is 26.3 Å². The summed E-state index contributed by atoms with van der Waals surface area (Å²) in [4.78, 5) is 24.9. The number of hydrogen-bond donors (Lipinski definition) is 0. The van der Waals surface area contributed by atoms with E-state index >= 15 is 0 Å². The molecule has 1 atom stereocenters. The first-order valence-corrected chi connectivity index (χ1v) is 8.63. The number of benzene rings is 1. The topological polar surface area (TPSA) is 65.1 Å². The number of carbonyl (C=O) groups is 2. The van der Waals surface area contributed by atoms with Gasteiger partial charge in [0.05, 0.1) is 18.7 Å². The van der Waals surface area contributed by atoms with E-state index in [9.17, 15) is 9.59 Å². The Bertz CT molecular complexity index is 670. The predicted octanol–water partition coefficient (Wildman–Crippen LogP) is 3.42. The third-order valence-electron chi connectivity index (χ3n) is 3.31. The SMILES string of the molecule is COc1cc(/C=C/C(=O)O[C@H](C)C(=O)N(C)C)cc(Cl)c1OCC(C)C. The van der Waals surface area contributed by atoms with E-state index in [0.717, 1.165) is 0 Å². The number of nitrogens with zero attached hydrogens (tertiary/aromatic N) is 1. The Balaban J connectivity index is 2.86. The molecule has 0 unspecified atom stereocenters. The van der Waals surface area contributed by atoms with Crippen molar-refractivity contribution in [2.24, 2.45) is 5.92 Å². The fourth-order valence-corrected chi connectivity index (χ4v) is 2.29. The lowest BCUT2D eigenvalue weighted by atomic mass is 10.2. The molecule has 0 aromatic heterocycles. The smallest absolute Gasteiger partial charge is 0.331 e. The van der Waals surface area contributed by atoms with Crippen LogP contribution in [0.25, 0.3) is 6.08 Å². The van der Waals surface area contributed by atoms with Crippen molar-refractivity contribution in [3.63, 3.8) is 0 Å². The summed E-state index contributed by atoms with van der Waals surface area (Å²) < 4.78 is 16.1. The Labute approximate surface area is 159 Å². The summed E-state index contributed by atoms with van der Waals surface area (Å²) in [5.74, 6) is 0.373. The standard InChI is InChI=1S/C19H26ClNO5/c1-12(2)11-25-18-15(20)9-14(10-16(18)24-6)7-8-17(22)26-13(3)19(23)21(4)5/h7-10,12-13H,11H2,1-6H3/b8-7+/t13-/m1/s1. The molecular formula is C19H26ClNO5. The van der Waals surface area contributed by atoms with Crippen LogP contribution in [0.4, 0.5) is 0 Å². The largest absolute Gasteiger partial charge is 0.493 e. The zero-order valence-electron chi connectivity index (χ0n) is 16.0. The molecule has 1 aromatic carbocycles. The molecule has 0 radical (unpaired) electrons. The maximum absolute atomic E-state index is 11.9. The first kappa shape index (κ1) is 21.8. The maximum atomic E-state index is 11.9. The second-order valence-corrected chi connectivity index (χ2v) is 6.79. The Hall–Kier alpha value is -2.21. The van der Waals surface area contributed by atoms with Crippen LogP contribution in [0.15, 0.2) is 18.2 Å². The van der Waals surface area contributed by atoms with Gasteiger partial charge in [-0.2, -0.15) is 0 Å². The second-order valence-electron chi connectivity index (χ2n) is 6.38. The van der Waals surface area contributed by atoms with Crippen LogP contribution in [0.5, 0.6) is 11.5 Å².